The molecule has 1 fully saturated rings. The highest BCUT2D eigenvalue weighted by atomic mass is 35.5. The van der Waals surface area contributed by atoms with E-state index in [0.29, 0.717) is 17.0 Å². The van der Waals surface area contributed by atoms with E-state index in [0.717, 1.165) is 29.5 Å². The van der Waals surface area contributed by atoms with E-state index in [1.165, 1.54) is 31.0 Å². The molecule has 2 aromatic rings. The predicted octanol–water partition coefficient (Wildman–Crippen LogP) is 4.79. The molecule has 1 saturated carbocycles. The maximum atomic E-state index is 12.7. The Balaban J connectivity index is 1.70. The monoisotopic (exact) mass is 406 g/mol. The summed E-state index contributed by atoms with van der Waals surface area (Å²) in [5.41, 5.74) is 0.928. The van der Waals surface area contributed by atoms with Crippen LogP contribution in [0.25, 0.3) is 11.4 Å². The third-order valence-corrected chi connectivity index (χ3v) is 6.52. The average Bonchev–Trinajstić information content (AvgIpc) is 3.06. The van der Waals surface area contributed by atoms with Gasteiger partial charge < -0.3 is 9.88 Å². The molecule has 0 bridgehead atoms. The van der Waals surface area contributed by atoms with E-state index in [-0.39, 0.29) is 11.2 Å². The van der Waals surface area contributed by atoms with Crippen molar-refractivity contribution in [2.45, 2.75) is 69.4 Å². The lowest BCUT2D eigenvalue weighted by Gasteiger charge is -2.30. The van der Waals surface area contributed by atoms with Gasteiger partial charge in [-0.15, -0.1) is 10.2 Å². The van der Waals surface area contributed by atoms with Gasteiger partial charge in [0, 0.05) is 23.2 Å². The van der Waals surface area contributed by atoms with Gasteiger partial charge in [-0.2, -0.15) is 0 Å². The fourth-order valence-electron chi connectivity index (χ4n) is 3.54. The number of amides is 1. The number of thioether (sulfide) groups is 1. The normalized spacial score (nSPS) is 21.0. The van der Waals surface area contributed by atoms with Gasteiger partial charge in [0.05, 0.1) is 5.25 Å². The van der Waals surface area contributed by atoms with Crippen LogP contribution in [0.5, 0.6) is 0 Å². The molecule has 0 spiro atoms. The number of aromatic nitrogens is 3. The summed E-state index contributed by atoms with van der Waals surface area (Å²) in [6.45, 7) is 6.94. The molecule has 146 valence electrons. The van der Waals surface area contributed by atoms with Gasteiger partial charge in [-0.1, -0.05) is 55.3 Å². The second-order valence-electron chi connectivity index (χ2n) is 7.20. The zero-order valence-corrected chi connectivity index (χ0v) is 17.7. The first-order chi connectivity index (χ1) is 13.0. The molecule has 0 radical (unpaired) electrons. The molecule has 27 heavy (non-hydrogen) atoms. The van der Waals surface area contributed by atoms with Crippen molar-refractivity contribution in [2.24, 2.45) is 5.92 Å². The Morgan fingerprint density at radius 2 is 2.15 bits per heavy atom. The van der Waals surface area contributed by atoms with Crippen LogP contribution in [-0.2, 0) is 11.3 Å². The maximum absolute atomic E-state index is 12.7. The summed E-state index contributed by atoms with van der Waals surface area (Å²) in [6, 6.07) is 7.89. The molecule has 3 atom stereocenters. The SMILES string of the molecule is CCn1c(SC(C)C(=O)NC2CCCCC2C)nnc1-c1cccc(Cl)c1. The minimum atomic E-state index is -0.221. The minimum Gasteiger partial charge on any atom is -0.352 e. The molecule has 3 rings (SSSR count). The highest BCUT2D eigenvalue weighted by Gasteiger charge is 2.26. The Bertz CT molecular complexity index is 794. The molecule has 0 saturated heterocycles. The largest absolute Gasteiger partial charge is 0.352 e. The zero-order chi connectivity index (χ0) is 19.4. The number of nitrogens with one attached hydrogen (secondary N) is 1. The van der Waals surface area contributed by atoms with Crippen LogP contribution in [0.4, 0.5) is 0 Å². The Hall–Kier alpha value is -1.53. The van der Waals surface area contributed by atoms with Gasteiger partial charge in [-0.25, -0.2) is 0 Å². The van der Waals surface area contributed by atoms with Crippen molar-refractivity contribution in [1.82, 2.24) is 20.1 Å². The van der Waals surface area contributed by atoms with Crippen molar-refractivity contribution in [3.05, 3.63) is 29.3 Å². The summed E-state index contributed by atoms with van der Waals surface area (Å²) in [4.78, 5) is 12.7. The van der Waals surface area contributed by atoms with Gasteiger partial charge >= 0.3 is 0 Å². The first kappa shape index (κ1) is 20.2. The molecule has 1 N–H and O–H groups in total. The van der Waals surface area contributed by atoms with Crippen molar-refractivity contribution in [3.8, 4) is 11.4 Å². The Kier molecular flexibility index (Phi) is 6.82. The molecule has 1 aliphatic rings. The van der Waals surface area contributed by atoms with E-state index in [1.54, 1.807) is 0 Å². The quantitative estimate of drug-likeness (QED) is 0.700. The third kappa shape index (κ3) is 4.85. The molecule has 1 amide bonds. The van der Waals surface area contributed by atoms with Crippen molar-refractivity contribution in [1.29, 1.82) is 0 Å². The molecule has 1 aromatic carbocycles. The second kappa shape index (κ2) is 9.11. The van der Waals surface area contributed by atoms with Gasteiger partial charge in [0.2, 0.25) is 5.91 Å². The first-order valence-electron chi connectivity index (χ1n) is 9.65. The summed E-state index contributed by atoms with van der Waals surface area (Å²) in [6.07, 6.45) is 4.74. The lowest BCUT2D eigenvalue weighted by Crippen LogP contribution is -2.44. The van der Waals surface area contributed by atoms with E-state index >= 15 is 0 Å². The molecule has 1 heterocycles. The number of benzene rings is 1. The highest BCUT2D eigenvalue weighted by Crippen LogP contribution is 2.29. The molecule has 1 aliphatic carbocycles. The van der Waals surface area contributed by atoms with Crippen LogP contribution in [-0.4, -0.2) is 32.0 Å². The Morgan fingerprint density at radius 1 is 1.37 bits per heavy atom. The van der Waals surface area contributed by atoms with E-state index in [9.17, 15) is 4.79 Å². The van der Waals surface area contributed by atoms with Crippen LogP contribution in [0.1, 0.15) is 46.5 Å². The van der Waals surface area contributed by atoms with Gasteiger partial charge in [-0.05, 0) is 44.7 Å². The van der Waals surface area contributed by atoms with Gasteiger partial charge in [0.15, 0.2) is 11.0 Å². The highest BCUT2D eigenvalue weighted by molar-refractivity contribution is 8.00. The van der Waals surface area contributed by atoms with Crippen molar-refractivity contribution in [2.75, 3.05) is 0 Å². The van der Waals surface area contributed by atoms with E-state index < -0.39 is 0 Å². The number of rotatable bonds is 6. The van der Waals surface area contributed by atoms with Crippen LogP contribution in [0.2, 0.25) is 5.02 Å². The number of carbonyl (C=O) groups excluding carboxylic acids is 1. The molecule has 5 nitrogen and oxygen atoms in total. The summed E-state index contributed by atoms with van der Waals surface area (Å²) >= 11 is 7.57. The Labute approximate surface area is 170 Å². The van der Waals surface area contributed by atoms with Crippen LogP contribution < -0.4 is 5.32 Å². The fraction of sp³-hybridized carbons (Fsp3) is 0.550. The zero-order valence-electron chi connectivity index (χ0n) is 16.1. The molecular formula is C20H27ClN4OS. The Morgan fingerprint density at radius 3 is 2.85 bits per heavy atom. The van der Waals surface area contributed by atoms with Crippen LogP contribution in [0.3, 0.4) is 0 Å². The summed E-state index contributed by atoms with van der Waals surface area (Å²) in [5.74, 6) is 1.40. The number of carbonyl (C=O) groups is 1. The smallest absolute Gasteiger partial charge is 0.233 e. The van der Waals surface area contributed by atoms with Crippen LogP contribution in [0.15, 0.2) is 29.4 Å². The number of hydrogen-bond acceptors (Lipinski definition) is 4. The molecular weight excluding hydrogens is 380 g/mol. The van der Waals surface area contributed by atoms with Gasteiger partial charge in [-0.3, -0.25) is 4.79 Å². The number of nitrogens with zero attached hydrogens (tertiary/aromatic N) is 3. The lowest BCUT2D eigenvalue weighted by atomic mass is 9.86. The summed E-state index contributed by atoms with van der Waals surface area (Å²) < 4.78 is 2.03. The van der Waals surface area contributed by atoms with Gasteiger partial charge in [0.1, 0.15) is 0 Å². The molecule has 0 aliphatic heterocycles. The molecule has 7 heteroatoms. The number of halogens is 1. The third-order valence-electron chi connectivity index (χ3n) is 5.21. The number of hydrogen-bond donors (Lipinski definition) is 1. The van der Waals surface area contributed by atoms with E-state index in [1.807, 2.05) is 35.8 Å². The lowest BCUT2D eigenvalue weighted by molar-refractivity contribution is -0.121. The van der Waals surface area contributed by atoms with Crippen LogP contribution in [0, 0.1) is 5.92 Å². The second-order valence-corrected chi connectivity index (χ2v) is 8.94. The maximum Gasteiger partial charge on any atom is 0.233 e. The van der Waals surface area contributed by atoms with Crippen molar-refractivity contribution >= 4 is 29.3 Å². The van der Waals surface area contributed by atoms with E-state index in [4.69, 9.17) is 11.6 Å². The summed E-state index contributed by atoms with van der Waals surface area (Å²) in [7, 11) is 0. The van der Waals surface area contributed by atoms with Crippen molar-refractivity contribution < 1.29 is 4.79 Å². The fourth-order valence-corrected chi connectivity index (χ4v) is 4.66. The minimum absolute atomic E-state index is 0.0775. The van der Waals surface area contributed by atoms with Gasteiger partial charge in [0.25, 0.3) is 0 Å². The topological polar surface area (TPSA) is 59.8 Å². The summed E-state index contributed by atoms with van der Waals surface area (Å²) in [5, 5.41) is 13.1. The molecule has 3 unspecified atom stereocenters. The predicted molar refractivity (Wildman–Crippen MR) is 111 cm³/mol. The average molecular weight is 407 g/mol. The van der Waals surface area contributed by atoms with Crippen LogP contribution >= 0.6 is 23.4 Å². The van der Waals surface area contributed by atoms with E-state index in [2.05, 4.69) is 29.4 Å². The first-order valence-corrected chi connectivity index (χ1v) is 10.9. The van der Waals surface area contributed by atoms with Crippen molar-refractivity contribution in [3.63, 3.8) is 0 Å². The molecule has 1 aromatic heterocycles. The standard InChI is InChI=1S/C20H27ClN4OS/c1-4-25-18(15-9-7-10-16(21)12-15)23-24-20(25)27-14(3)19(26)22-17-11-6-5-8-13(17)2/h7,9-10,12-14,17H,4-6,8,11H2,1-3H3,(H,22,26).